The molecule has 0 atom stereocenters. The quantitative estimate of drug-likeness (QED) is 0.323. The van der Waals surface area contributed by atoms with Gasteiger partial charge in [0.2, 0.25) is 0 Å². The molecule has 0 aromatic heterocycles. The third kappa shape index (κ3) is 2.05. The third-order valence-corrected chi connectivity index (χ3v) is 0.158. The molecule has 0 saturated carbocycles. The Morgan fingerprint density at radius 3 is 2.25 bits per heavy atom. The highest BCUT2D eigenvalue weighted by atomic mass is 16.2. The molecule has 0 bridgehead atoms. The van der Waals surface area contributed by atoms with Crippen molar-refractivity contribution in [2.75, 3.05) is 0 Å². The van der Waals surface area contributed by atoms with Gasteiger partial charge in [-0.3, -0.25) is 0 Å². The fourth-order valence-electron chi connectivity index (χ4n) is 0. The SMILES string of the molecule is BNBO. The largest absolute Gasteiger partial charge is 0.441 e. The van der Waals surface area contributed by atoms with Crippen LogP contribution in [0.15, 0.2) is 0 Å². The monoisotopic (exact) mass is 57.1 g/mol. The molecule has 0 fully saturated rings. The van der Waals surface area contributed by atoms with Crippen LogP contribution in [0.1, 0.15) is 0 Å². The van der Waals surface area contributed by atoms with Gasteiger partial charge in [-0.25, -0.2) is 0 Å². The first kappa shape index (κ1) is 4.05. The van der Waals surface area contributed by atoms with E-state index in [4.69, 9.17) is 5.02 Å². The summed E-state index contributed by atoms with van der Waals surface area (Å²) in [6.45, 7) is 0. The maximum Gasteiger partial charge on any atom is 0.346 e. The second kappa shape index (κ2) is 3.05. The van der Waals surface area contributed by atoms with Gasteiger partial charge in [0, 0.05) is 0 Å². The summed E-state index contributed by atoms with van der Waals surface area (Å²) >= 11 is 0. The van der Waals surface area contributed by atoms with Crippen molar-refractivity contribution in [1.29, 1.82) is 0 Å². The van der Waals surface area contributed by atoms with Crippen LogP contribution in [0.5, 0.6) is 0 Å². The molecule has 0 aliphatic heterocycles. The van der Waals surface area contributed by atoms with Gasteiger partial charge in [-0.1, -0.05) is 0 Å². The summed E-state index contributed by atoms with van der Waals surface area (Å²) in [5, 5.41) is 10.2. The van der Waals surface area contributed by atoms with Crippen molar-refractivity contribution in [3.8, 4) is 0 Å². The summed E-state index contributed by atoms with van der Waals surface area (Å²) in [4.78, 5) is 0. The Hall–Kier alpha value is 0.0499. The Labute approximate surface area is 26.9 Å². The molecular weight excluding hydrogens is 51.6 g/mol. The molecule has 22 valence electrons. The highest BCUT2D eigenvalue weighted by molar-refractivity contribution is 6.34. The minimum absolute atomic E-state index is 0.0694. The minimum atomic E-state index is 0.0694. The van der Waals surface area contributed by atoms with Gasteiger partial charge in [-0.2, -0.15) is 0 Å². The van der Waals surface area contributed by atoms with Gasteiger partial charge in [0.05, 0.1) is 0 Å². The first-order chi connectivity index (χ1) is 1.91. The molecule has 2 nitrogen and oxygen atoms in total. The van der Waals surface area contributed by atoms with Gasteiger partial charge in [0.15, 0.2) is 7.98 Å². The van der Waals surface area contributed by atoms with Crippen molar-refractivity contribution in [3.05, 3.63) is 0 Å². The van der Waals surface area contributed by atoms with E-state index in [9.17, 15) is 0 Å². The van der Waals surface area contributed by atoms with Crippen LogP contribution in [0.25, 0.3) is 0 Å². The first-order valence-electron chi connectivity index (χ1n) is 1.17. The Morgan fingerprint density at radius 2 is 2.25 bits per heavy atom. The van der Waals surface area contributed by atoms with Crippen LogP contribution in [-0.4, -0.2) is 20.6 Å². The third-order valence-electron chi connectivity index (χ3n) is 0.158. The summed E-state index contributed by atoms with van der Waals surface area (Å²) in [5.41, 5.74) is 0. The molecule has 0 rings (SSSR count). The molecule has 0 aliphatic rings. The van der Waals surface area contributed by atoms with Gasteiger partial charge in [0.1, 0.15) is 0 Å². The van der Waals surface area contributed by atoms with E-state index in [0.29, 0.717) is 0 Å². The number of hydrogen-bond acceptors (Lipinski definition) is 2. The molecule has 0 aromatic carbocycles. The highest BCUT2D eigenvalue weighted by Crippen LogP contribution is 1.15. The lowest BCUT2D eigenvalue weighted by molar-refractivity contribution is 0.598. The molecule has 0 aliphatic carbocycles. The van der Waals surface area contributed by atoms with E-state index in [1.165, 1.54) is 0 Å². The standard InChI is InChI=1S/B2H5NO/c1-3-2-4/h2-4H,1H2. The van der Waals surface area contributed by atoms with E-state index in [-0.39, 0.29) is 7.62 Å². The summed E-state index contributed by atoms with van der Waals surface area (Å²) in [7, 11) is 1.75. The lowest BCUT2D eigenvalue weighted by atomic mass is 10.2. The molecule has 0 unspecified atom stereocenters. The van der Waals surface area contributed by atoms with Gasteiger partial charge in [0.25, 0.3) is 0 Å². The molecule has 4 heteroatoms. The van der Waals surface area contributed by atoms with Crippen LogP contribution < -0.4 is 5.14 Å². The van der Waals surface area contributed by atoms with Crippen molar-refractivity contribution in [2.24, 2.45) is 0 Å². The Morgan fingerprint density at radius 1 is 2.00 bits per heavy atom. The lowest BCUT2D eigenvalue weighted by Gasteiger charge is -1.71. The smallest absolute Gasteiger partial charge is 0.346 e. The predicted molar refractivity (Wildman–Crippen MR) is 21.0 cm³/mol. The van der Waals surface area contributed by atoms with Crippen LogP contribution in [-0.2, 0) is 0 Å². The average Bonchev–Trinajstić information content (AvgIpc) is 1.37. The van der Waals surface area contributed by atoms with Crippen LogP contribution in [0.2, 0.25) is 0 Å². The van der Waals surface area contributed by atoms with Gasteiger partial charge < -0.3 is 10.2 Å². The van der Waals surface area contributed by atoms with Crippen LogP contribution in [0.3, 0.4) is 0 Å². The second-order valence-corrected chi connectivity index (χ2v) is 0.512. The number of rotatable bonds is 1. The van der Waals surface area contributed by atoms with Crippen LogP contribution >= 0.6 is 0 Å². The maximum atomic E-state index is 7.76. The number of hydrogen-bond donors (Lipinski definition) is 2. The van der Waals surface area contributed by atoms with Crippen molar-refractivity contribution >= 4 is 15.6 Å². The summed E-state index contributed by atoms with van der Waals surface area (Å²) in [5.74, 6) is 0. The lowest BCUT2D eigenvalue weighted by Crippen LogP contribution is -2.12. The van der Waals surface area contributed by atoms with Crippen molar-refractivity contribution < 1.29 is 5.02 Å². The molecule has 0 radical (unpaired) electrons. The van der Waals surface area contributed by atoms with E-state index in [1.807, 2.05) is 0 Å². The van der Waals surface area contributed by atoms with E-state index in [0.717, 1.165) is 0 Å². The normalized spacial score (nSPS) is 6.25. The topological polar surface area (TPSA) is 32.3 Å². The van der Waals surface area contributed by atoms with Crippen LogP contribution in [0, 0.1) is 0 Å². The predicted octanol–water partition coefficient (Wildman–Crippen LogP) is -2.62. The maximum absolute atomic E-state index is 7.76. The molecule has 0 aromatic rings. The van der Waals surface area contributed by atoms with Gasteiger partial charge in [-0.15, -0.1) is 0 Å². The molecule has 0 amide bonds. The Bertz CT molecular complexity index is 8.00. The van der Waals surface area contributed by atoms with Crippen molar-refractivity contribution in [1.82, 2.24) is 5.14 Å². The summed E-state index contributed by atoms with van der Waals surface area (Å²) in [6.07, 6.45) is 0. The van der Waals surface area contributed by atoms with Crippen molar-refractivity contribution in [3.63, 3.8) is 0 Å². The Balaban J connectivity index is 1.97. The zero-order valence-corrected chi connectivity index (χ0v) is 2.65. The fourth-order valence-corrected chi connectivity index (χ4v) is 0. The average molecular weight is 56.7 g/mol. The van der Waals surface area contributed by atoms with Crippen LogP contribution in [0.4, 0.5) is 0 Å². The first-order valence-corrected chi connectivity index (χ1v) is 1.17. The summed E-state index contributed by atoms with van der Waals surface area (Å²) < 4.78 is 0. The minimum Gasteiger partial charge on any atom is -0.441 e. The van der Waals surface area contributed by atoms with E-state index < -0.39 is 0 Å². The zero-order valence-electron chi connectivity index (χ0n) is 2.65. The highest BCUT2D eigenvalue weighted by Gasteiger charge is 1.61. The van der Waals surface area contributed by atoms with Gasteiger partial charge in [-0.05, 0) is 0 Å². The molecule has 4 heavy (non-hydrogen) atoms. The molecule has 0 spiro atoms. The van der Waals surface area contributed by atoms with E-state index in [2.05, 4.69) is 5.14 Å². The Kier molecular flexibility index (Phi) is 3.09. The zero-order chi connectivity index (χ0) is 3.41. The summed E-state index contributed by atoms with van der Waals surface area (Å²) in [6, 6.07) is 0. The molecule has 0 saturated heterocycles. The van der Waals surface area contributed by atoms with E-state index in [1.54, 1.807) is 7.98 Å². The molecular formula is H5B2NO. The second-order valence-electron chi connectivity index (χ2n) is 0.512. The molecule has 2 N–H and O–H groups in total. The number of nitrogens with one attached hydrogen (secondary N) is 1. The fraction of sp³-hybridized carbons (Fsp3) is 0. The van der Waals surface area contributed by atoms with Gasteiger partial charge >= 0.3 is 7.62 Å². The molecule has 0 heterocycles. The van der Waals surface area contributed by atoms with E-state index >= 15 is 0 Å². The van der Waals surface area contributed by atoms with Crippen molar-refractivity contribution in [2.45, 2.75) is 0 Å².